The molecule has 0 amide bonds. The third-order valence-corrected chi connectivity index (χ3v) is 10.6. The molecule has 1 fully saturated rings. The molecule has 0 aliphatic carbocycles. The largest absolute Gasteiger partial charge is 0.377 e. The molecule has 1 heterocycles. The number of unbranched alkanes of at least 4 members (excludes halogenated alkanes) is 10. The van der Waals surface area contributed by atoms with Crippen molar-refractivity contribution in [2.45, 2.75) is 147 Å². The zero-order valence-corrected chi connectivity index (χ0v) is 34.7. The van der Waals surface area contributed by atoms with Crippen molar-refractivity contribution in [1.82, 2.24) is 0 Å². The smallest absolute Gasteiger partial charge is 0.133 e. The van der Waals surface area contributed by atoms with Gasteiger partial charge >= 0.3 is 0 Å². The van der Waals surface area contributed by atoms with Gasteiger partial charge < -0.3 is 28.8 Å². The predicted molar refractivity (Wildman–Crippen MR) is 234 cm³/mol. The molecule has 4 aromatic rings. The van der Waals surface area contributed by atoms with Gasteiger partial charge in [-0.2, -0.15) is 0 Å². The second-order valence-corrected chi connectivity index (χ2v) is 15.4. The monoisotopic (exact) mass is 786 g/mol. The highest BCUT2D eigenvalue weighted by atomic mass is 16.6. The van der Waals surface area contributed by atoms with E-state index in [4.69, 9.17) is 23.7 Å². The standard InChI is InChI=1S/C52H66O6/c1-2-3-4-5-6-7-8-9-10-11-12-25-35-47(53)36-26-37-48-50(55-39-44-29-19-14-20-30-44)52(57-41-46-33-23-16-24-34-46)51(56-40-45-31-21-15-22-32-45)49(58-48)42-54-38-43-27-17-13-18-28-43/h13-24,26-34,36,47-53H,2-12,37-42H2,1H3/b36-26+/t47-,48+,49+,50-,51-,52+/m0/s1. The minimum Gasteiger partial charge on any atom is -0.377 e. The van der Waals surface area contributed by atoms with E-state index < -0.39 is 36.6 Å². The number of aliphatic hydroxyl groups excluding tert-OH is 1. The molecule has 1 aliphatic heterocycles. The van der Waals surface area contributed by atoms with E-state index in [9.17, 15) is 5.11 Å². The van der Waals surface area contributed by atoms with Crippen molar-refractivity contribution in [3.8, 4) is 11.8 Å². The van der Waals surface area contributed by atoms with Crippen molar-refractivity contribution < 1.29 is 28.8 Å². The summed E-state index contributed by atoms with van der Waals surface area (Å²) in [6.07, 6.45) is 14.8. The third-order valence-electron chi connectivity index (χ3n) is 10.6. The van der Waals surface area contributed by atoms with Crippen LogP contribution in [0.2, 0.25) is 0 Å². The molecule has 1 N–H and O–H groups in total. The lowest BCUT2D eigenvalue weighted by Gasteiger charge is -2.46. The molecule has 0 bridgehead atoms. The molecule has 6 atom stereocenters. The Bertz CT molecular complexity index is 1700. The number of hydrogen-bond acceptors (Lipinski definition) is 6. The van der Waals surface area contributed by atoms with Gasteiger partial charge in [0, 0.05) is 6.42 Å². The Morgan fingerprint density at radius 1 is 0.552 bits per heavy atom. The predicted octanol–water partition coefficient (Wildman–Crippen LogP) is 11.3. The van der Waals surface area contributed by atoms with Gasteiger partial charge in [0.2, 0.25) is 0 Å². The van der Waals surface area contributed by atoms with Crippen LogP contribution >= 0.6 is 0 Å². The summed E-state index contributed by atoms with van der Waals surface area (Å²) in [5, 5.41) is 10.8. The Morgan fingerprint density at radius 3 is 1.48 bits per heavy atom. The van der Waals surface area contributed by atoms with Gasteiger partial charge in [-0.3, -0.25) is 0 Å². The Morgan fingerprint density at radius 2 is 0.983 bits per heavy atom. The van der Waals surface area contributed by atoms with Crippen LogP contribution in [0.15, 0.2) is 133 Å². The van der Waals surface area contributed by atoms with Gasteiger partial charge in [-0.05, 0) is 41.2 Å². The SMILES string of the molecule is CCCCCCCCCCCCC#C[C@H](O)/C=C/C[C@H]1O[C@H](COCc2ccccc2)[C@H](OCc2ccccc2)[C@H](OCc2ccccc2)[C@H]1OCc1ccccc1. The highest BCUT2D eigenvalue weighted by Gasteiger charge is 2.48. The number of rotatable bonds is 26. The van der Waals surface area contributed by atoms with E-state index in [0.717, 1.165) is 35.1 Å². The fraction of sp³-hybridized carbons (Fsp3) is 0.462. The minimum absolute atomic E-state index is 0.304. The summed E-state index contributed by atoms with van der Waals surface area (Å²) in [6.45, 7) is 4.17. The van der Waals surface area contributed by atoms with E-state index in [1.54, 1.807) is 6.08 Å². The van der Waals surface area contributed by atoms with Gasteiger partial charge in [-0.1, -0.05) is 198 Å². The van der Waals surface area contributed by atoms with Crippen LogP contribution < -0.4 is 0 Å². The molecule has 0 spiro atoms. The maximum Gasteiger partial charge on any atom is 0.133 e. The lowest BCUT2D eigenvalue weighted by Crippen LogP contribution is -2.61. The second-order valence-electron chi connectivity index (χ2n) is 15.4. The fourth-order valence-electron chi connectivity index (χ4n) is 7.34. The van der Waals surface area contributed by atoms with Crippen LogP contribution in [-0.2, 0) is 50.1 Å². The minimum atomic E-state index is -0.854. The van der Waals surface area contributed by atoms with Crippen LogP contribution in [0.25, 0.3) is 0 Å². The van der Waals surface area contributed by atoms with Crippen molar-refractivity contribution >= 4 is 0 Å². The summed E-state index contributed by atoms with van der Waals surface area (Å²) in [6, 6.07) is 40.7. The molecule has 0 aromatic heterocycles. The average molecular weight is 787 g/mol. The zero-order valence-electron chi connectivity index (χ0n) is 34.7. The van der Waals surface area contributed by atoms with Gasteiger partial charge in [-0.15, -0.1) is 5.92 Å². The van der Waals surface area contributed by atoms with E-state index in [0.29, 0.717) is 39.5 Å². The molecule has 0 radical (unpaired) electrons. The first-order valence-electron chi connectivity index (χ1n) is 21.8. The first-order chi connectivity index (χ1) is 28.7. The molecule has 6 heteroatoms. The zero-order chi connectivity index (χ0) is 40.3. The van der Waals surface area contributed by atoms with E-state index in [2.05, 4.69) is 67.3 Å². The van der Waals surface area contributed by atoms with E-state index in [1.165, 1.54) is 57.8 Å². The maximum absolute atomic E-state index is 10.8. The molecule has 6 nitrogen and oxygen atoms in total. The second kappa shape index (κ2) is 27.6. The van der Waals surface area contributed by atoms with Crippen LogP contribution in [0.5, 0.6) is 0 Å². The molecule has 58 heavy (non-hydrogen) atoms. The van der Waals surface area contributed by atoms with Crippen molar-refractivity contribution in [3.05, 3.63) is 156 Å². The summed E-state index contributed by atoms with van der Waals surface area (Å²) in [5.74, 6) is 6.23. The molecule has 310 valence electrons. The Hall–Kier alpha value is -4.06. The average Bonchev–Trinajstić information content (AvgIpc) is 3.26. The highest BCUT2D eigenvalue weighted by molar-refractivity contribution is 5.17. The number of benzene rings is 4. The Kier molecular flexibility index (Phi) is 21.4. The molecule has 5 rings (SSSR count). The van der Waals surface area contributed by atoms with Crippen LogP contribution in [0.4, 0.5) is 0 Å². The molecule has 0 unspecified atom stereocenters. The van der Waals surface area contributed by atoms with Crippen LogP contribution in [0.3, 0.4) is 0 Å². The number of aliphatic hydroxyl groups is 1. The maximum atomic E-state index is 10.8. The first-order valence-corrected chi connectivity index (χ1v) is 21.8. The molecule has 1 saturated heterocycles. The van der Waals surface area contributed by atoms with Gasteiger partial charge in [0.1, 0.15) is 30.5 Å². The summed E-state index contributed by atoms with van der Waals surface area (Å²) in [4.78, 5) is 0. The van der Waals surface area contributed by atoms with Crippen LogP contribution in [0.1, 0.15) is 106 Å². The number of ether oxygens (including phenoxy) is 5. The lowest BCUT2D eigenvalue weighted by molar-refractivity contribution is -0.271. The molecule has 4 aromatic carbocycles. The molecule has 1 aliphatic rings. The van der Waals surface area contributed by atoms with Gasteiger partial charge in [0.25, 0.3) is 0 Å². The third kappa shape index (κ3) is 17.0. The van der Waals surface area contributed by atoms with E-state index >= 15 is 0 Å². The van der Waals surface area contributed by atoms with Gasteiger partial charge in [0.15, 0.2) is 0 Å². The summed E-state index contributed by atoms with van der Waals surface area (Å²) in [7, 11) is 0. The van der Waals surface area contributed by atoms with Crippen molar-refractivity contribution in [2.24, 2.45) is 0 Å². The highest BCUT2D eigenvalue weighted by Crippen LogP contribution is 2.32. The van der Waals surface area contributed by atoms with Crippen molar-refractivity contribution in [2.75, 3.05) is 6.61 Å². The number of hydrogen-bond donors (Lipinski definition) is 1. The first kappa shape index (κ1) is 45.0. The van der Waals surface area contributed by atoms with E-state index in [-0.39, 0.29) is 0 Å². The molecular weight excluding hydrogens is 721 g/mol. The summed E-state index contributed by atoms with van der Waals surface area (Å²) >= 11 is 0. The van der Waals surface area contributed by atoms with Crippen molar-refractivity contribution in [1.29, 1.82) is 0 Å². The summed E-state index contributed by atoms with van der Waals surface area (Å²) in [5.41, 5.74) is 4.26. The topological polar surface area (TPSA) is 66.4 Å². The summed E-state index contributed by atoms with van der Waals surface area (Å²) < 4.78 is 33.7. The van der Waals surface area contributed by atoms with Gasteiger partial charge in [-0.25, -0.2) is 0 Å². The Balaban J connectivity index is 1.28. The van der Waals surface area contributed by atoms with Crippen molar-refractivity contribution in [3.63, 3.8) is 0 Å². The quantitative estimate of drug-likeness (QED) is 0.0388. The molecule has 0 saturated carbocycles. The van der Waals surface area contributed by atoms with Crippen LogP contribution in [0, 0.1) is 11.8 Å². The lowest BCUT2D eigenvalue weighted by atomic mass is 9.92. The fourth-order valence-corrected chi connectivity index (χ4v) is 7.34. The van der Waals surface area contributed by atoms with E-state index in [1.807, 2.05) is 78.9 Å². The van der Waals surface area contributed by atoms with Gasteiger partial charge in [0.05, 0.1) is 39.1 Å². The molecular formula is C52H66O6. The Labute approximate surface area is 348 Å². The van der Waals surface area contributed by atoms with Crippen LogP contribution in [-0.4, -0.2) is 48.3 Å². The normalized spacial score (nSPS) is 19.8.